The Kier molecular flexibility index (Phi) is 4.34. The molecule has 0 saturated carbocycles. The van der Waals surface area contributed by atoms with Crippen LogP contribution in [0.1, 0.15) is 30.7 Å². The number of pyridine rings is 1. The van der Waals surface area contributed by atoms with Crippen LogP contribution in [0.4, 0.5) is 8.78 Å². The number of alkyl halides is 2. The molecule has 1 aliphatic rings. The predicted molar refractivity (Wildman–Crippen MR) is 74.0 cm³/mol. The second-order valence-electron chi connectivity index (χ2n) is 5.26. The summed E-state index contributed by atoms with van der Waals surface area (Å²) < 4.78 is 61.3. The first-order chi connectivity index (χ1) is 10.1. The lowest BCUT2D eigenvalue weighted by atomic mass is 10.1. The van der Waals surface area contributed by atoms with Crippen LogP contribution < -0.4 is 4.74 Å². The molecule has 0 atom stereocenters. The van der Waals surface area contributed by atoms with Crippen LogP contribution in [0.15, 0.2) is 6.20 Å². The molecule has 2 heterocycles. The monoisotopic (exact) mass is 337 g/mol. The van der Waals surface area contributed by atoms with E-state index in [-0.39, 0.29) is 17.9 Å². The summed E-state index contributed by atoms with van der Waals surface area (Å²) in [7, 11) is -2.87. The molecule has 6 nitrogen and oxygen atoms in total. The number of nitrogens with zero attached hydrogens (tertiary/aromatic N) is 1. The Morgan fingerprint density at radius 1 is 1.36 bits per heavy atom. The molecule has 1 aromatic heterocycles. The van der Waals surface area contributed by atoms with Gasteiger partial charge in [0, 0.05) is 39.8 Å². The molecule has 0 unspecified atom stereocenters. The van der Waals surface area contributed by atoms with Gasteiger partial charge in [0.05, 0.1) is 17.9 Å². The Labute approximate surface area is 127 Å². The van der Waals surface area contributed by atoms with Gasteiger partial charge in [-0.15, -0.1) is 0 Å². The molecule has 0 aliphatic carbocycles. The van der Waals surface area contributed by atoms with Crippen molar-refractivity contribution in [2.45, 2.75) is 38.8 Å². The first-order valence-electron chi connectivity index (χ1n) is 6.49. The molecule has 9 heteroatoms. The van der Waals surface area contributed by atoms with E-state index >= 15 is 0 Å². The van der Waals surface area contributed by atoms with Crippen molar-refractivity contribution in [3.8, 4) is 5.75 Å². The van der Waals surface area contributed by atoms with Crippen molar-refractivity contribution in [1.29, 1.82) is 0 Å². The highest BCUT2D eigenvalue weighted by molar-refractivity contribution is 7.54. The quantitative estimate of drug-likeness (QED) is 0.783. The molecule has 1 aromatic rings. The van der Waals surface area contributed by atoms with Gasteiger partial charge in [0.2, 0.25) is 5.79 Å². The van der Waals surface area contributed by atoms with E-state index < -0.39 is 24.6 Å². The molecule has 124 valence electrons. The Morgan fingerprint density at radius 2 is 1.95 bits per heavy atom. The number of halogens is 2. The van der Waals surface area contributed by atoms with Gasteiger partial charge in [-0.1, -0.05) is 0 Å². The van der Waals surface area contributed by atoms with E-state index in [1.807, 2.05) is 0 Å². The minimum atomic E-state index is -4.68. The number of rotatable bonds is 4. The maximum atomic E-state index is 14.7. The Bertz CT molecular complexity index is 627. The van der Waals surface area contributed by atoms with Crippen molar-refractivity contribution in [3.05, 3.63) is 23.0 Å². The first kappa shape index (κ1) is 17.3. The fraction of sp³-hybridized carbons (Fsp3) is 0.615. The van der Waals surface area contributed by atoms with Gasteiger partial charge in [0.25, 0.3) is 0 Å². The summed E-state index contributed by atoms with van der Waals surface area (Å²) in [5, 5.41) is 0. The van der Waals surface area contributed by atoms with Crippen molar-refractivity contribution >= 4 is 7.60 Å². The molecular weight excluding hydrogens is 319 g/mol. The van der Waals surface area contributed by atoms with E-state index in [1.54, 1.807) is 20.8 Å². The fourth-order valence-corrected chi connectivity index (χ4v) is 3.24. The normalized spacial score (nSPS) is 17.8. The number of aryl methyl sites for hydroxylation is 1. The van der Waals surface area contributed by atoms with Crippen LogP contribution in [-0.4, -0.2) is 25.0 Å². The lowest BCUT2D eigenvalue weighted by Gasteiger charge is -2.35. The Balaban J connectivity index is 2.62. The highest BCUT2D eigenvalue weighted by Gasteiger charge is 2.56. The minimum Gasteiger partial charge on any atom is -0.461 e. The highest BCUT2D eigenvalue weighted by atomic mass is 31.2. The van der Waals surface area contributed by atoms with Gasteiger partial charge in [-0.25, -0.2) is 0 Å². The zero-order valence-corrected chi connectivity index (χ0v) is 13.9. The SMILES string of the molecule is COP(=O)(OC)C(F)(F)c1cnc(C)c2c1COC(C)(C)O2. The second kappa shape index (κ2) is 5.53. The lowest BCUT2D eigenvalue weighted by molar-refractivity contribution is -0.181. The summed E-state index contributed by atoms with van der Waals surface area (Å²) in [4.78, 5) is 3.91. The maximum Gasteiger partial charge on any atom is 0.403 e. The van der Waals surface area contributed by atoms with Crippen molar-refractivity contribution in [2.24, 2.45) is 0 Å². The molecule has 0 N–H and O–H groups in total. The number of fused-ring (bicyclic) bond motifs is 1. The van der Waals surface area contributed by atoms with E-state index in [9.17, 15) is 13.3 Å². The minimum absolute atomic E-state index is 0.0890. The summed E-state index contributed by atoms with van der Waals surface area (Å²) in [6.07, 6.45) is 0.948. The molecular formula is C13H18F2NO5P. The van der Waals surface area contributed by atoms with Crippen molar-refractivity contribution in [2.75, 3.05) is 14.2 Å². The van der Waals surface area contributed by atoms with Crippen molar-refractivity contribution in [1.82, 2.24) is 4.98 Å². The van der Waals surface area contributed by atoms with E-state index in [4.69, 9.17) is 9.47 Å². The summed E-state index contributed by atoms with van der Waals surface area (Å²) in [5.74, 6) is -0.758. The molecule has 1 aliphatic heterocycles. The Hall–Kier alpha value is -1.08. The average molecular weight is 337 g/mol. The third kappa shape index (κ3) is 2.65. The highest BCUT2D eigenvalue weighted by Crippen LogP contribution is 2.66. The van der Waals surface area contributed by atoms with Gasteiger partial charge in [0.15, 0.2) is 0 Å². The summed E-state index contributed by atoms with van der Waals surface area (Å²) in [6, 6.07) is 0. The molecule has 0 fully saturated rings. The third-order valence-corrected chi connectivity index (χ3v) is 5.27. The number of aromatic nitrogens is 1. The zero-order chi connectivity index (χ0) is 16.8. The van der Waals surface area contributed by atoms with E-state index in [0.717, 1.165) is 20.4 Å². The molecule has 0 radical (unpaired) electrons. The number of hydrogen-bond donors (Lipinski definition) is 0. The third-order valence-electron chi connectivity index (χ3n) is 3.38. The lowest BCUT2D eigenvalue weighted by Crippen LogP contribution is -2.37. The molecule has 0 bridgehead atoms. The van der Waals surface area contributed by atoms with Crippen LogP contribution in [-0.2, 0) is 30.6 Å². The van der Waals surface area contributed by atoms with Gasteiger partial charge >= 0.3 is 13.3 Å². The average Bonchev–Trinajstić information content (AvgIpc) is 2.46. The summed E-state index contributed by atoms with van der Waals surface area (Å²) in [5.41, 5.74) is -3.94. The molecule has 2 rings (SSSR count). The smallest absolute Gasteiger partial charge is 0.403 e. The number of ether oxygens (including phenoxy) is 2. The van der Waals surface area contributed by atoms with Crippen molar-refractivity contribution < 1.29 is 31.9 Å². The topological polar surface area (TPSA) is 66.9 Å². The van der Waals surface area contributed by atoms with Gasteiger partial charge in [0.1, 0.15) is 5.75 Å². The molecule has 0 amide bonds. The van der Waals surface area contributed by atoms with Gasteiger partial charge in [-0.3, -0.25) is 9.55 Å². The van der Waals surface area contributed by atoms with E-state index in [1.165, 1.54) is 0 Å². The molecule has 0 spiro atoms. The maximum absolute atomic E-state index is 14.7. The zero-order valence-electron chi connectivity index (χ0n) is 13.0. The van der Waals surface area contributed by atoms with Gasteiger partial charge in [-0.05, 0) is 6.92 Å². The van der Waals surface area contributed by atoms with Crippen molar-refractivity contribution in [3.63, 3.8) is 0 Å². The first-order valence-corrected chi connectivity index (χ1v) is 8.03. The number of hydrogen-bond acceptors (Lipinski definition) is 6. The van der Waals surface area contributed by atoms with Crippen LogP contribution in [0.3, 0.4) is 0 Å². The molecule has 22 heavy (non-hydrogen) atoms. The largest absolute Gasteiger partial charge is 0.461 e. The van der Waals surface area contributed by atoms with Crippen LogP contribution >= 0.6 is 7.60 Å². The van der Waals surface area contributed by atoms with Crippen LogP contribution in [0, 0.1) is 6.92 Å². The molecule has 0 saturated heterocycles. The fourth-order valence-electron chi connectivity index (χ4n) is 2.15. The van der Waals surface area contributed by atoms with E-state index in [2.05, 4.69) is 14.0 Å². The summed E-state index contributed by atoms with van der Waals surface area (Å²) in [6.45, 7) is 4.84. The van der Waals surface area contributed by atoms with E-state index in [0.29, 0.717) is 5.69 Å². The van der Waals surface area contributed by atoms with Crippen LogP contribution in [0.25, 0.3) is 0 Å². The second-order valence-corrected chi connectivity index (χ2v) is 7.55. The van der Waals surface area contributed by atoms with Gasteiger partial charge in [-0.2, -0.15) is 8.78 Å². The van der Waals surface area contributed by atoms with Gasteiger partial charge < -0.3 is 18.5 Å². The Morgan fingerprint density at radius 3 is 2.50 bits per heavy atom. The molecule has 0 aromatic carbocycles. The van der Waals surface area contributed by atoms with Crippen LogP contribution in [0.5, 0.6) is 5.75 Å². The summed E-state index contributed by atoms with van der Waals surface area (Å²) >= 11 is 0. The standard InChI is InChI=1S/C13H18F2NO5P/c1-8-11-9(7-20-12(2,3)21-11)10(6-16-8)13(14,15)22(17,18-4)19-5/h6H,7H2,1-5H3. The van der Waals surface area contributed by atoms with Crippen LogP contribution in [0.2, 0.25) is 0 Å². The predicted octanol–water partition coefficient (Wildman–Crippen LogP) is 3.57.